The van der Waals surface area contributed by atoms with Crippen LogP contribution < -0.4 is 16.0 Å². The number of rotatable bonds is 6. The van der Waals surface area contributed by atoms with Gasteiger partial charge in [0.15, 0.2) is 0 Å². The lowest BCUT2D eigenvalue weighted by atomic mass is 10.00. The molecule has 1 atom stereocenters. The van der Waals surface area contributed by atoms with E-state index < -0.39 is 6.04 Å². The van der Waals surface area contributed by atoms with Crippen LogP contribution in [0, 0.1) is 5.92 Å². The molecule has 0 saturated heterocycles. The highest BCUT2D eigenvalue weighted by Gasteiger charge is 2.35. The van der Waals surface area contributed by atoms with Crippen molar-refractivity contribution in [2.24, 2.45) is 11.7 Å². The summed E-state index contributed by atoms with van der Waals surface area (Å²) in [7, 11) is 0. The maximum absolute atomic E-state index is 12.4. The third kappa shape index (κ3) is 3.92. The van der Waals surface area contributed by atoms with Gasteiger partial charge in [0.25, 0.3) is 0 Å². The Labute approximate surface area is 147 Å². The van der Waals surface area contributed by atoms with E-state index in [0.717, 1.165) is 54.9 Å². The molecule has 130 valence electrons. The van der Waals surface area contributed by atoms with Crippen LogP contribution in [0.4, 0.5) is 11.4 Å². The molecule has 0 aromatic heterocycles. The first-order valence-corrected chi connectivity index (χ1v) is 9.99. The van der Waals surface area contributed by atoms with E-state index in [4.69, 9.17) is 5.73 Å². The van der Waals surface area contributed by atoms with Gasteiger partial charge in [-0.05, 0) is 67.9 Å². The van der Waals surface area contributed by atoms with Gasteiger partial charge in [-0.2, -0.15) is 11.8 Å². The lowest BCUT2D eigenvalue weighted by molar-refractivity contribution is -0.120. The normalized spacial score (nSPS) is 18.0. The van der Waals surface area contributed by atoms with Gasteiger partial charge in [0.2, 0.25) is 11.8 Å². The van der Waals surface area contributed by atoms with Crippen molar-refractivity contribution in [2.75, 3.05) is 28.8 Å². The van der Waals surface area contributed by atoms with Gasteiger partial charge in [-0.15, -0.1) is 0 Å². The molecular formula is C18H25N3O2S. The minimum absolute atomic E-state index is 0.147. The zero-order valence-corrected chi connectivity index (χ0v) is 14.9. The molecule has 0 radical (unpaired) electrons. The van der Waals surface area contributed by atoms with E-state index in [2.05, 4.69) is 5.32 Å². The average Bonchev–Trinajstić information content (AvgIpc) is 3.43. The monoisotopic (exact) mass is 347 g/mol. The summed E-state index contributed by atoms with van der Waals surface area (Å²) >= 11 is 1.69. The molecule has 24 heavy (non-hydrogen) atoms. The molecule has 6 heteroatoms. The number of hydrogen-bond acceptors (Lipinski definition) is 4. The molecule has 0 spiro atoms. The second kappa shape index (κ2) is 7.57. The number of carbonyl (C=O) groups excluding carboxylic acids is 2. The number of aryl methyl sites for hydroxylation is 1. The van der Waals surface area contributed by atoms with E-state index >= 15 is 0 Å². The second-order valence-electron chi connectivity index (χ2n) is 6.59. The Bertz CT molecular complexity index is 631. The summed E-state index contributed by atoms with van der Waals surface area (Å²) in [6.07, 6.45) is 6.62. The summed E-state index contributed by atoms with van der Waals surface area (Å²) in [4.78, 5) is 26.5. The quantitative estimate of drug-likeness (QED) is 0.828. The van der Waals surface area contributed by atoms with E-state index in [0.29, 0.717) is 6.42 Å². The van der Waals surface area contributed by atoms with Crippen molar-refractivity contribution in [3.8, 4) is 0 Å². The standard InChI is InChI=1S/C18H25N3O2S/c1-24-10-8-15(19)17(22)20-14-6-7-16-13(11-14)3-2-9-21(16)18(23)12-4-5-12/h6-7,11-12,15H,2-5,8-10,19H2,1H3,(H,20,22)/t15-/m0/s1. The maximum atomic E-state index is 12.4. The number of nitrogens with zero attached hydrogens (tertiary/aromatic N) is 1. The van der Waals surface area contributed by atoms with Gasteiger partial charge in [0.05, 0.1) is 6.04 Å². The Morgan fingerprint density at radius 2 is 2.21 bits per heavy atom. The van der Waals surface area contributed by atoms with Gasteiger partial charge in [-0.25, -0.2) is 0 Å². The maximum Gasteiger partial charge on any atom is 0.241 e. The number of hydrogen-bond donors (Lipinski definition) is 2. The van der Waals surface area contributed by atoms with Gasteiger partial charge in [-0.3, -0.25) is 9.59 Å². The van der Waals surface area contributed by atoms with Crippen molar-refractivity contribution in [1.82, 2.24) is 0 Å². The number of carbonyl (C=O) groups is 2. The summed E-state index contributed by atoms with van der Waals surface area (Å²) in [5.41, 5.74) is 8.81. The molecule has 2 aliphatic rings. The molecule has 1 saturated carbocycles. The van der Waals surface area contributed by atoms with Crippen LogP contribution in [-0.4, -0.2) is 36.4 Å². The second-order valence-corrected chi connectivity index (χ2v) is 7.57. The molecule has 1 aliphatic carbocycles. The lowest BCUT2D eigenvalue weighted by Crippen LogP contribution is -2.37. The largest absolute Gasteiger partial charge is 0.325 e. The molecule has 3 rings (SSSR count). The van der Waals surface area contributed by atoms with Crippen LogP contribution in [0.1, 0.15) is 31.2 Å². The van der Waals surface area contributed by atoms with Crippen molar-refractivity contribution in [3.63, 3.8) is 0 Å². The minimum Gasteiger partial charge on any atom is -0.325 e. The van der Waals surface area contributed by atoms with E-state index in [1.54, 1.807) is 11.8 Å². The number of benzene rings is 1. The van der Waals surface area contributed by atoms with Gasteiger partial charge >= 0.3 is 0 Å². The summed E-state index contributed by atoms with van der Waals surface area (Å²) < 4.78 is 0. The van der Waals surface area contributed by atoms with Crippen LogP contribution in [0.3, 0.4) is 0 Å². The average molecular weight is 347 g/mol. The van der Waals surface area contributed by atoms with Gasteiger partial charge in [-0.1, -0.05) is 0 Å². The van der Waals surface area contributed by atoms with E-state index in [1.807, 2.05) is 29.4 Å². The molecule has 1 aromatic carbocycles. The highest BCUT2D eigenvalue weighted by Crippen LogP contribution is 2.36. The first-order chi connectivity index (χ1) is 11.6. The van der Waals surface area contributed by atoms with Crippen LogP contribution in [0.15, 0.2) is 18.2 Å². The van der Waals surface area contributed by atoms with Crippen LogP contribution >= 0.6 is 11.8 Å². The number of nitrogens with two attached hydrogens (primary N) is 1. The molecule has 1 fully saturated rings. The topological polar surface area (TPSA) is 75.4 Å². The third-order valence-electron chi connectivity index (χ3n) is 4.63. The zero-order valence-electron chi connectivity index (χ0n) is 14.1. The molecule has 2 amide bonds. The van der Waals surface area contributed by atoms with E-state index in [-0.39, 0.29) is 17.7 Å². The Hall–Kier alpha value is -1.53. The molecule has 1 aromatic rings. The predicted octanol–water partition coefficient (Wildman–Crippen LogP) is 2.39. The SMILES string of the molecule is CSCC[C@H](N)C(=O)Nc1ccc2c(c1)CCCN2C(=O)C1CC1. The van der Waals surface area contributed by atoms with E-state index in [1.165, 1.54) is 0 Å². The first-order valence-electron chi connectivity index (χ1n) is 8.60. The minimum atomic E-state index is -0.485. The Kier molecular flexibility index (Phi) is 5.46. The molecule has 5 nitrogen and oxygen atoms in total. The number of thioether (sulfide) groups is 1. The summed E-state index contributed by atoms with van der Waals surface area (Å²) in [6, 6.07) is 5.33. The van der Waals surface area contributed by atoms with Crippen molar-refractivity contribution in [3.05, 3.63) is 23.8 Å². The number of amides is 2. The van der Waals surface area contributed by atoms with Crippen LogP contribution in [0.5, 0.6) is 0 Å². The van der Waals surface area contributed by atoms with Crippen LogP contribution in [-0.2, 0) is 16.0 Å². The fourth-order valence-electron chi connectivity index (χ4n) is 3.07. The predicted molar refractivity (Wildman–Crippen MR) is 99.4 cm³/mol. The fourth-order valence-corrected chi connectivity index (χ4v) is 3.55. The molecule has 0 unspecified atom stereocenters. The molecular weight excluding hydrogens is 322 g/mol. The van der Waals surface area contributed by atoms with Gasteiger partial charge < -0.3 is 16.0 Å². The molecule has 3 N–H and O–H groups in total. The highest BCUT2D eigenvalue weighted by molar-refractivity contribution is 7.98. The van der Waals surface area contributed by atoms with E-state index in [9.17, 15) is 9.59 Å². The Morgan fingerprint density at radius 1 is 1.42 bits per heavy atom. The van der Waals surface area contributed by atoms with Crippen molar-refractivity contribution in [1.29, 1.82) is 0 Å². The van der Waals surface area contributed by atoms with Crippen molar-refractivity contribution in [2.45, 2.75) is 38.1 Å². The summed E-state index contributed by atoms with van der Waals surface area (Å²) in [5, 5.41) is 2.90. The van der Waals surface area contributed by atoms with Crippen LogP contribution in [0.2, 0.25) is 0 Å². The molecule has 0 bridgehead atoms. The molecule has 1 heterocycles. The smallest absolute Gasteiger partial charge is 0.241 e. The zero-order chi connectivity index (χ0) is 17.1. The summed E-state index contributed by atoms with van der Waals surface area (Å²) in [6.45, 7) is 0.799. The van der Waals surface area contributed by atoms with Crippen molar-refractivity contribution >= 4 is 35.0 Å². The number of nitrogens with one attached hydrogen (secondary N) is 1. The number of anilines is 2. The molecule has 1 aliphatic heterocycles. The first kappa shape index (κ1) is 17.3. The highest BCUT2D eigenvalue weighted by atomic mass is 32.2. The Morgan fingerprint density at radius 3 is 2.92 bits per heavy atom. The Balaban J connectivity index is 1.69. The van der Waals surface area contributed by atoms with Crippen molar-refractivity contribution < 1.29 is 9.59 Å². The third-order valence-corrected chi connectivity index (χ3v) is 5.27. The van der Waals surface area contributed by atoms with Gasteiger partial charge in [0.1, 0.15) is 0 Å². The fraction of sp³-hybridized carbons (Fsp3) is 0.556. The van der Waals surface area contributed by atoms with Gasteiger partial charge in [0, 0.05) is 23.8 Å². The lowest BCUT2D eigenvalue weighted by Gasteiger charge is -2.30. The summed E-state index contributed by atoms with van der Waals surface area (Å²) in [5.74, 6) is 1.21. The number of fused-ring (bicyclic) bond motifs is 1. The van der Waals surface area contributed by atoms with Crippen LogP contribution in [0.25, 0.3) is 0 Å².